The lowest BCUT2D eigenvalue weighted by Gasteiger charge is -2.20. The summed E-state index contributed by atoms with van der Waals surface area (Å²) in [7, 11) is 1.35. The lowest BCUT2D eigenvalue weighted by molar-refractivity contribution is -0.145. The molecular weight excluding hydrogens is 286 g/mol. The van der Waals surface area contributed by atoms with Crippen molar-refractivity contribution < 1.29 is 23.8 Å². The van der Waals surface area contributed by atoms with Gasteiger partial charge in [-0.15, -0.1) is 0 Å². The van der Waals surface area contributed by atoms with Gasteiger partial charge in [-0.1, -0.05) is 6.07 Å². The minimum absolute atomic E-state index is 0.00735. The van der Waals surface area contributed by atoms with E-state index in [1.54, 1.807) is 4.90 Å². The van der Waals surface area contributed by atoms with Crippen LogP contribution in [0.1, 0.15) is 12.0 Å². The number of nitrogens with zero attached hydrogens (tertiary/aromatic N) is 1. The molecule has 1 fully saturated rings. The molecule has 2 aliphatic rings. The van der Waals surface area contributed by atoms with E-state index in [0.29, 0.717) is 26.3 Å². The zero-order valence-electron chi connectivity index (χ0n) is 12.5. The summed E-state index contributed by atoms with van der Waals surface area (Å²) in [4.78, 5) is 25.2. The lowest BCUT2D eigenvalue weighted by atomic mass is 10.1. The Morgan fingerprint density at radius 2 is 2.09 bits per heavy atom. The summed E-state index contributed by atoms with van der Waals surface area (Å²) in [5.74, 6) is 0.878. The van der Waals surface area contributed by atoms with E-state index in [9.17, 15) is 9.59 Å². The Bertz CT molecular complexity index is 586. The second-order valence-corrected chi connectivity index (χ2v) is 5.49. The molecule has 0 N–H and O–H groups in total. The van der Waals surface area contributed by atoms with Crippen LogP contribution >= 0.6 is 0 Å². The van der Waals surface area contributed by atoms with Crippen LogP contribution in [0, 0.1) is 5.92 Å². The largest absolute Gasteiger partial charge is 0.486 e. The van der Waals surface area contributed by atoms with Crippen LogP contribution in [0.2, 0.25) is 0 Å². The van der Waals surface area contributed by atoms with Crippen LogP contribution in [-0.2, 0) is 20.7 Å². The van der Waals surface area contributed by atoms with E-state index in [1.165, 1.54) is 7.11 Å². The summed E-state index contributed by atoms with van der Waals surface area (Å²) in [6, 6.07) is 5.82. The Hall–Kier alpha value is -2.24. The second kappa shape index (κ2) is 6.25. The molecule has 1 unspecified atom stereocenters. The number of carbonyl (C=O) groups excluding carboxylic acids is 2. The Labute approximate surface area is 128 Å². The molecule has 0 radical (unpaired) electrons. The van der Waals surface area contributed by atoms with Crippen LogP contribution in [0.25, 0.3) is 0 Å². The number of methoxy groups -OCH3 is 1. The van der Waals surface area contributed by atoms with E-state index in [2.05, 4.69) is 0 Å². The van der Waals surface area contributed by atoms with E-state index < -0.39 is 0 Å². The average molecular weight is 305 g/mol. The van der Waals surface area contributed by atoms with Crippen LogP contribution in [0.5, 0.6) is 11.5 Å². The van der Waals surface area contributed by atoms with Crippen molar-refractivity contribution in [1.29, 1.82) is 0 Å². The first-order chi connectivity index (χ1) is 10.7. The lowest BCUT2D eigenvalue weighted by Crippen LogP contribution is -2.28. The zero-order chi connectivity index (χ0) is 15.5. The highest BCUT2D eigenvalue weighted by Crippen LogP contribution is 2.31. The summed E-state index contributed by atoms with van der Waals surface area (Å²) in [6.07, 6.45) is 0.962. The molecule has 118 valence electrons. The van der Waals surface area contributed by atoms with Gasteiger partial charge in [0.25, 0.3) is 0 Å². The zero-order valence-corrected chi connectivity index (χ0v) is 12.5. The van der Waals surface area contributed by atoms with Crippen molar-refractivity contribution in [3.8, 4) is 11.5 Å². The molecule has 2 heterocycles. The molecule has 1 saturated heterocycles. The molecule has 0 spiro atoms. The topological polar surface area (TPSA) is 65.1 Å². The number of carbonyl (C=O) groups is 2. The maximum absolute atomic E-state index is 11.9. The molecule has 1 aromatic rings. The molecule has 0 aromatic heterocycles. The van der Waals surface area contributed by atoms with E-state index in [1.807, 2.05) is 18.2 Å². The molecule has 1 aromatic carbocycles. The highest BCUT2D eigenvalue weighted by molar-refractivity contribution is 5.86. The first-order valence-corrected chi connectivity index (χ1v) is 7.41. The van der Waals surface area contributed by atoms with Crippen molar-refractivity contribution in [2.45, 2.75) is 12.8 Å². The quantitative estimate of drug-likeness (QED) is 0.777. The summed E-state index contributed by atoms with van der Waals surface area (Å²) in [5.41, 5.74) is 1.08. The molecule has 3 rings (SSSR count). The SMILES string of the molecule is COC(=O)C1CC(=O)N(CCc2ccc3c(c2)OCCO3)C1. The highest BCUT2D eigenvalue weighted by atomic mass is 16.6. The van der Waals surface area contributed by atoms with E-state index in [0.717, 1.165) is 23.5 Å². The van der Waals surface area contributed by atoms with Crippen molar-refractivity contribution in [1.82, 2.24) is 4.90 Å². The van der Waals surface area contributed by atoms with Crippen molar-refractivity contribution in [3.63, 3.8) is 0 Å². The third-order valence-electron chi connectivity index (χ3n) is 4.03. The Balaban J connectivity index is 1.58. The number of benzene rings is 1. The number of likely N-dealkylation sites (tertiary alicyclic amines) is 1. The molecule has 0 aliphatic carbocycles. The minimum atomic E-state index is -0.335. The third-order valence-corrected chi connectivity index (χ3v) is 4.03. The van der Waals surface area contributed by atoms with Crippen LogP contribution in [-0.4, -0.2) is 50.2 Å². The van der Waals surface area contributed by atoms with Gasteiger partial charge in [-0.05, 0) is 24.1 Å². The molecule has 1 amide bonds. The van der Waals surface area contributed by atoms with Crippen molar-refractivity contribution in [2.75, 3.05) is 33.4 Å². The monoisotopic (exact) mass is 305 g/mol. The third kappa shape index (κ3) is 3.00. The predicted octanol–water partition coefficient (Wildman–Crippen LogP) is 1.02. The second-order valence-electron chi connectivity index (χ2n) is 5.49. The number of amides is 1. The first kappa shape index (κ1) is 14.7. The van der Waals surface area contributed by atoms with Gasteiger partial charge in [0.15, 0.2) is 11.5 Å². The number of rotatable bonds is 4. The smallest absolute Gasteiger partial charge is 0.310 e. The number of fused-ring (bicyclic) bond motifs is 1. The van der Waals surface area contributed by atoms with E-state index in [-0.39, 0.29) is 24.2 Å². The van der Waals surface area contributed by atoms with Gasteiger partial charge in [-0.3, -0.25) is 9.59 Å². The van der Waals surface area contributed by atoms with Crippen molar-refractivity contribution in [2.24, 2.45) is 5.92 Å². The molecule has 0 saturated carbocycles. The van der Waals surface area contributed by atoms with E-state index in [4.69, 9.17) is 14.2 Å². The van der Waals surface area contributed by atoms with Crippen LogP contribution in [0.15, 0.2) is 18.2 Å². The summed E-state index contributed by atoms with van der Waals surface area (Å²) >= 11 is 0. The van der Waals surface area contributed by atoms with Gasteiger partial charge in [0, 0.05) is 19.5 Å². The number of esters is 1. The van der Waals surface area contributed by atoms with Gasteiger partial charge < -0.3 is 19.1 Å². The minimum Gasteiger partial charge on any atom is -0.486 e. The molecule has 0 bridgehead atoms. The fourth-order valence-corrected chi connectivity index (χ4v) is 2.82. The first-order valence-electron chi connectivity index (χ1n) is 7.41. The predicted molar refractivity (Wildman–Crippen MR) is 77.8 cm³/mol. The molecule has 6 nitrogen and oxygen atoms in total. The van der Waals surface area contributed by atoms with E-state index >= 15 is 0 Å². The highest BCUT2D eigenvalue weighted by Gasteiger charge is 2.34. The van der Waals surface area contributed by atoms with Gasteiger partial charge >= 0.3 is 5.97 Å². The molecule has 1 atom stereocenters. The van der Waals surface area contributed by atoms with Crippen molar-refractivity contribution in [3.05, 3.63) is 23.8 Å². The fraction of sp³-hybridized carbons (Fsp3) is 0.500. The summed E-state index contributed by atoms with van der Waals surface area (Å²) in [5, 5.41) is 0. The number of hydrogen-bond donors (Lipinski definition) is 0. The van der Waals surface area contributed by atoms with Crippen LogP contribution < -0.4 is 9.47 Å². The van der Waals surface area contributed by atoms with Gasteiger partial charge in [0.05, 0.1) is 13.0 Å². The summed E-state index contributed by atoms with van der Waals surface area (Å²) < 4.78 is 15.7. The van der Waals surface area contributed by atoms with Gasteiger partial charge in [0.2, 0.25) is 5.91 Å². The van der Waals surface area contributed by atoms with Crippen LogP contribution in [0.3, 0.4) is 0 Å². The van der Waals surface area contributed by atoms with Gasteiger partial charge in [0.1, 0.15) is 13.2 Å². The summed E-state index contributed by atoms with van der Waals surface area (Å²) in [6.45, 7) is 2.16. The number of hydrogen-bond acceptors (Lipinski definition) is 5. The molecule has 6 heteroatoms. The Kier molecular flexibility index (Phi) is 4.18. The fourth-order valence-electron chi connectivity index (χ4n) is 2.82. The normalized spacial score (nSPS) is 20.1. The molecular formula is C16H19NO5. The Morgan fingerprint density at radius 3 is 2.86 bits per heavy atom. The van der Waals surface area contributed by atoms with Crippen LogP contribution in [0.4, 0.5) is 0 Å². The van der Waals surface area contributed by atoms with Gasteiger partial charge in [-0.2, -0.15) is 0 Å². The van der Waals surface area contributed by atoms with Crippen molar-refractivity contribution >= 4 is 11.9 Å². The maximum Gasteiger partial charge on any atom is 0.310 e. The molecule has 2 aliphatic heterocycles. The standard InChI is InChI=1S/C16H19NO5/c1-20-16(19)12-9-15(18)17(10-12)5-4-11-2-3-13-14(8-11)22-7-6-21-13/h2-3,8,12H,4-7,9-10H2,1H3. The maximum atomic E-state index is 11.9. The molecule has 22 heavy (non-hydrogen) atoms. The number of ether oxygens (including phenoxy) is 3. The Morgan fingerprint density at radius 1 is 1.32 bits per heavy atom. The van der Waals surface area contributed by atoms with Gasteiger partial charge in [-0.25, -0.2) is 0 Å². The average Bonchev–Trinajstić information content (AvgIpc) is 2.93.